The number of thiophene rings is 1. The van der Waals surface area contributed by atoms with E-state index >= 15 is 0 Å². The molecular weight excluding hydrogens is 540 g/mol. The molecule has 3 heterocycles. The first-order chi connectivity index (χ1) is 14.1. The Kier molecular flexibility index (Phi) is 7.37. The molecule has 4 nitrogen and oxygen atoms in total. The van der Waals surface area contributed by atoms with Crippen LogP contribution in [0.5, 0.6) is 5.75 Å². The minimum atomic E-state index is -0.843. The topological polar surface area (TPSA) is 47.0 Å². The molecule has 0 radical (unpaired) electrons. The van der Waals surface area contributed by atoms with Gasteiger partial charge in [0, 0.05) is 0 Å². The van der Waals surface area contributed by atoms with Crippen LogP contribution in [-0.2, 0) is 0 Å². The van der Waals surface area contributed by atoms with Crippen LogP contribution in [0.15, 0.2) is 29.9 Å². The molecule has 8 heteroatoms. The monoisotopic (exact) mass is 563 g/mol. The van der Waals surface area contributed by atoms with E-state index in [0.717, 1.165) is 23.6 Å². The van der Waals surface area contributed by atoms with E-state index in [-0.39, 0.29) is 0 Å². The van der Waals surface area contributed by atoms with Gasteiger partial charge in [-0.3, -0.25) is 0 Å². The van der Waals surface area contributed by atoms with Crippen LogP contribution in [0, 0.1) is 6.92 Å². The van der Waals surface area contributed by atoms with Gasteiger partial charge in [-0.2, -0.15) is 0 Å². The van der Waals surface area contributed by atoms with Crippen LogP contribution >= 0.6 is 54.4 Å². The van der Waals surface area contributed by atoms with Gasteiger partial charge < -0.3 is 0 Å². The number of alkyl halides is 3. The average Bonchev–Trinajstić information content (AvgIpc) is 3.11. The van der Waals surface area contributed by atoms with Crippen molar-refractivity contribution in [2.24, 2.45) is 0 Å². The summed E-state index contributed by atoms with van der Waals surface area (Å²) in [6.45, 7) is 3.09. The number of aromatic nitrogens is 2. The third-order valence-electron chi connectivity index (χ3n) is 4.99. The minimum absolute atomic E-state index is 0.315. The van der Waals surface area contributed by atoms with Crippen molar-refractivity contribution < 1.29 is 4.74 Å². The van der Waals surface area contributed by atoms with Gasteiger partial charge in [-0.05, 0) is 0 Å². The Morgan fingerprint density at radius 3 is 2.83 bits per heavy atom. The molecule has 0 atom stereocenters. The van der Waals surface area contributed by atoms with Crippen LogP contribution in [0.2, 0.25) is 10.0 Å². The number of hydrogen-bond acceptors (Lipinski definition) is 5. The Bertz CT molecular complexity index is 976. The predicted octanol–water partition coefficient (Wildman–Crippen LogP) is 6.86. The fourth-order valence-corrected chi connectivity index (χ4v) is 10.9. The molecule has 2 aromatic heterocycles. The number of anilines is 1. The predicted molar refractivity (Wildman–Crippen MR) is 134 cm³/mol. The molecule has 0 unspecified atom stereocenters. The molecule has 4 rings (SSSR count). The Morgan fingerprint density at radius 1 is 1.21 bits per heavy atom. The van der Waals surface area contributed by atoms with E-state index in [1.165, 1.54) is 42.8 Å². The number of rotatable bonds is 7. The zero-order chi connectivity index (χ0) is 20.2. The quantitative estimate of drug-likeness (QED) is 0.194. The Hall–Kier alpha value is -0.830. The van der Waals surface area contributed by atoms with Crippen molar-refractivity contribution in [1.29, 1.82) is 0 Å². The van der Waals surface area contributed by atoms with Gasteiger partial charge in [-0.15, -0.1) is 0 Å². The van der Waals surface area contributed by atoms with Crippen molar-refractivity contribution in [2.75, 3.05) is 25.1 Å². The van der Waals surface area contributed by atoms with E-state index in [4.69, 9.17) is 27.9 Å². The third kappa shape index (κ3) is 5.46. The third-order valence-corrected chi connectivity index (χ3v) is 13.4. The summed E-state index contributed by atoms with van der Waals surface area (Å²) in [4.78, 5) is 8.82. The zero-order valence-electron chi connectivity index (χ0n) is 16.3. The van der Waals surface area contributed by atoms with E-state index in [9.17, 15) is 0 Å². The van der Waals surface area contributed by atoms with E-state index in [0.29, 0.717) is 16.1 Å². The zero-order valence-corrected chi connectivity index (χ0v) is 20.7. The molecule has 1 aromatic carbocycles. The van der Waals surface area contributed by atoms with Crippen molar-refractivity contribution in [3.8, 4) is 5.75 Å². The van der Waals surface area contributed by atoms with Gasteiger partial charge in [0.05, 0.1) is 0 Å². The van der Waals surface area contributed by atoms with Gasteiger partial charge in [0.25, 0.3) is 0 Å². The van der Waals surface area contributed by atoms with E-state index < -0.39 is 19.8 Å². The summed E-state index contributed by atoms with van der Waals surface area (Å²) in [7, 11) is 0. The van der Waals surface area contributed by atoms with Crippen LogP contribution in [-0.4, -0.2) is 35.9 Å². The Morgan fingerprint density at radius 2 is 2.03 bits per heavy atom. The summed E-state index contributed by atoms with van der Waals surface area (Å²) in [5, 5.41) is 6.80. The standard InChI is InChI=1S/C21H24Cl2IN3OS/c1-14-12-29-20-19(14)26-13-27-21(20)25-10-2-7-24-8-5-15(6-9-24)28-16-3-4-17(22)18(23)11-16/h3-4,11-13,15H,2,5-10H2,1H3,(H,25,26,27). The summed E-state index contributed by atoms with van der Waals surface area (Å²) in [5.41, 5.74) is 2.30. The number of nitrogens with one attached hydrogen (secondary N) is 1. The number of aryl methyl sites for hydroxylation is 1. The molecule has 1 N–H and O–H groups in total. The Labute approximate surface area is 192 Å². The second-order valence-corrected chi connectivity index (χ2v) is 15.3. The molecule has 0 aliphatic carbocycles. The summed E-state index contributed by atoms with van der Waals surface area (Å²) in [6, 6.07) is 5.53. The van der Waals surface area contributed by atoms with Crippen LogP contribution in [0.1, 0.15) is 24.8 Å². The summed E-state index contributed by atoms with van der Waals surface area (Å²) in [6.07, 6.45) is 5.53. The molecule has 0 spiro atoms. The Balaban J connectivity index is 1.19. The second-order valence-electron chi connectivity index (χ2n) is 7.13. The van der Waals surface area contributed by atoms with Gasteiger partial charge >= 0.3 is 194 Å². The molecule has 0 saturated carbocycles. The number of fused-ring (bicyclic) bond motifs is 1. The normalized spacial score (nSPS) is 16.3. The van der Waals surface area contributed by atoms with E-state index in [1.807, 2.05) is 12.1 Å². The van der Waals surface area contributed by atoms with Crippen molar-refractivity contribution in [3.05, 3.63) is 45.5 Å². The first-order valence-corrected chi connectivity index (χ1v) is 15.9. The van der Waals surface area contributed by atoms with Gasteiger partial charge in [-0.1, -0.05) is 0 Å². The molecule has 1 aliphatic rings. The van der Waals surface area contributed by atoms with Crippen molar-refractivity contribution in [1.82, 2.24) is 9.97 Å². The molecule has 1 fully saturated rings. The molecule has 1 saturated heterocycles. The number of ether oxygens (including phenoxy) is 1. The summed E-state index contributed by atoms with van der Waals surface area (Å²) in [5.74, 6) is 1.81. The van der Waals surface area contributed by atoms with E-state index in [1.54, 1.807) is 23.7 Å². The summed E-state index contributed by atoms with van der Waals surface area (Å²) < 4.78 is 11.4. The number of benzene rings is 1. The van der Waals surface area contributed by atoms with Gasteiger partial charge in [0.2, 0.25) is 0 Å². The summed E-state index contributed by atoms with van der Waals surface area (Å²) >= 11 is 12.9. The maximum atomic E-state index is 6.12. The molecule has 0 bridgehead atoms. The molecule has 156 valence electrons. The fraction of sp³-hybridized carbons (Fsp3) is 0.429. The van der Waals surface area contributed by atoms with E-state index in [2.05, 4.69) is 27.6 Å². The molecule has 0 amide bonds. The number of halogens is 3. The van der Waals surface area contributed by atoms with Gasteiger partial charge in [-0.25, -0.2) is 0 Å². The molecule has 1 aliphatic heterocycles. The van der Waals surface area contributed by atoms with Crippen LogP contribution in [0.25, 0.3) is 10.2 Å². The van der Waals surface area contributed by atoms with Crippen molar-refractivity contribution in [2.45, 2.75) is 32.3 Å². The van der Waals surface area contributed by atoms with Gasteiger partial charge in [0.1, 0.15) is 0 Å². The average molecular weight is 564 g/mol. The van der Waals surface area contributed by atoms with Gasteiger partial charge in [0.15, 0.2) is 0 Å². The first-order valence-electron chi connectivity index (χ1n) is 9.72. The first kappa shape index (κ1) is 21.4. The second kappa shape index (κ2) is 9.98. The SMILES string of the molecule is Cc1csc2c(NCCCI3CCC(Oc4ccc(Cl)c(Cl)c4)CC3)ncnc12. The molecular formula is C21H24Cl2IN3OS. The number of hydrogen-bond donors (Lipinski definition) is 1. The van der Waals surface area contributed by atoms with Crippen molar-refractivity contribution in [3.63, 3.8) is 0 Å². The van der Waals surface area contributed by atoms with Crippen LogP contribution < -0.4 is 10.1 Å². The molecule has 3 aromatic rings. The fourth-order valence-electron chi connectivity index (χ4n) is 3.40. The van der Waals surface area contributed by atoms with Crippen LogP contribution in [0.3, 0.4) is 0 Å². The van der Waals surface area contributed by atoms with Crippen molar-refractivity contribution >= 4 is 70.4 Å². The van der Waals surface area contributed by atoms with Crippen LogP contribution in [0.4, 0.5) is 5.82 Å². The maximum absolute atomic E-state index is 6.12. The molecule has 29 heavy (non-hydrogen) atoms. The number of nitrogens with zero attached hydrogens (tertiary/aromatic N) is 2.